The van der Waals surface area contributed by atoms with Crippen LogP contribution in [0.1, 0.15) is 23.6 Å². The number of benzene rings is 1. The first-order valence-electron chi connectivity index (χ1n) is 4.32. The second-order valence-corrected chi connectivity index (χ2v) is 3.77. The van der Waals surface area contributed by atoms with Crippen LogP contribution in [-0.4, -0.2) is 4.92 Å². The van der Waals surface area contributed by atoms with Crippen molar-refractivity contribution in [3.63, 3.8) is 0 Å². The van der Waals surface area contributed by atoms with Gasteiger partial charge in [-0.05, 0) is 24.5 Å². The molecule has 4 nitrogen and oxygen atoms in total. The first-order valence-corrected chi connectivity index (χ1v) is 4.70. The van der Waals surface area contributed by atoms with E-state index in [9.17, 15) is 10.1 Å². The largest absolute Gasteiger partial charge is 0.324 e. The molecule has 0 aliphatic heterocycles. The molecule has 2 N–H and O–H groups in total. The molecule has 0 amide bonds. The van der Waals surface area contributed by atoms with Crippen LogP contribution < -0.4 is 5.73 Å². The summed E-state index contributed by atoms with van der Waals surface area (Å²) in [5.74, 6) is 0. The van der Waals surface area contributed by atoms with Crippen LogP contribution in [0.5, 0.6) is 0 Å². The molecule has 0 bridgehead atoms. The predicted molar refractivity (Wildman–Crippen MR) is 53.4 cm³/mol. The summed E-state index contributed by atoms with van der Waals surface area (Å²) >= 11 is 5.94. The van der Waals surface area contributed by atoms with Crippen molar-refractivity contribution >= 4 is 17.3 Å². The third-order valence-electron chi connectivity index (χ3n) is 2.55. The maximum atomic E-state index is 10.7. The Labute approximate surface area is 85.8 Å². The summed E-state index contributed by atoms with van der Waals surface area (Å²) in [6, 6.07) is 2.83. The standard InChI is InChI=1S/C9H9ClN2O2/c10-6-2-4-8(12(13)14)5-1-3-7(11)9(5)6/h2,4,7H,1,3,11H2. The molecule has 5 heteroatoms. The maximum Gasteiger partial charge on any atom is 0.273 e. The minimum atomic E-state index is -0.382. The van der Waals surface area contributed by atoms with Gasteiger partial charge < -0.3 is 5.73 Å². The third-order valence-corrected chi connectivity index (χ3v) is 2.88. The van der Waals surface area contributed by atoms with Crippen LogP contribution in [-0.2, 0) is 6.42 Å². The van der Waals surface area contributed by atoms with E-state index < -0.39 is 0 Å². The Hall–Kier alpha value is -1.13. The van der Waals surface area contributed by atoms with E-state index in [0.717, 1.165) is 12.0 Å². The lowest BCUT2D eigenvalue weighted by Gasteiger charge is -2.06. The van der Waals surface area contributed by atoms with E-state index in [-0.39, 0.29) is 16.7 Å². The average molecular weight is 213 g/mol. The number of hydrogen-bond donors (Lipinski definition) is 1. The lowest BCUT2D eigenvalue weighted by atomic mass is 10.1. The predicted octanol–water partition coefficient (Wildman–Crippen LogP) is 2.19. The van der Waals surface area contributed by atoms with Gasteiger partial charge in [0, 0.05) is 22.7 Å². The number of hydrogen-bond acceptors (Lipinski definition) is 3. The molecule has 1 aliphatic rings. The minimum Gasteiger partial charge on any atom is -0.324 e. The van der Waals surface area contributed by atoms with E-state index >= 15 is 0 Å². The van der Waals surface area contributed by atoms with Crippen molar-refractivity contribution < 1.29 is 4.92 Å². The van der Waals surface area contributed by atoms with Crippen LogP contribution in [0, 0.1) is 10.1 Å². The number of nitro groups is 1. The second kappa shape index (κ2) is 3.22. The van der Waals surface area contributed by atoms with Crippen molar-refractivity contribution in [3.8, 4) is 0 Å². The number of nitrogens with zero attached hydrogens (tertiary/aromatic N) is 1. The molecule has 0 heterocycles. The van der Waals surface area contributed by atoms with E-state index in [4.69, 9.17) is 17.3 Å². The highest BCUT2D eigenvalue weighted by Crippen LogP contribution is 2.39. The molecule has 1 aromatic rings. The Balaban J connectivity index is 2.64. The van der Waals surface area contributed by atoms with Gasteiger partial charge in [-0.2, -0.15) is 0 Å². The number of nitro benzene ring substituents is 1. The summed E-state index contributed by atoms with van der Waals surface area (Å²) < 4.78 is 0. The van der Waals surface area contributed by atoms with Gasteiger partial charge in [0.15, 0.2) is 0 Å². The highest BCUT2D eigenvalue weighted by Gasteiger charge is 2.28. The Kier molecular flexibility index (Phi) is 2.17. The van der Waals surface area contributed by atoms with Crippen LogP contribution in [0.3, 0.4) is 0 Å². The minimum absolute atomic E-state index is 0.136. The molecule has 1 unspecified atom stereocenters. The lowest BCUT2D eigenvalue weighted by molar-refractivity contribution is -0.385. The van der Waals surface area contributed by atoms with Crippen molar-refractivity contribution in [1.29, 1.82) is 0 Å². The van der Waals surface area contributed by atoms with Gasteiger partial charge in [-0.1, -0.05) is 11.6 Å². The zero-order valence-electron chi connectivity index (χ0n) is 7.37. The van der Waals surface area contributed by atoms with E-state index in [1.54, 1.807) is 6.07 Å². The van der Waals surface area contributed by atoms with E-state index in [2.05, 4.69) is 0 Å². The molecule has 0 aromatic heterocycles. The van der Waals surface area contributed by atoms with Gasteiger partial charge in [-0.15, -0.1) is 0 Å². The fourth-order valence-electron chi connectivity index (χ4n) is 1.90. The summed E-state index contributed by atoms with van der Waals surface area (Å²) in [6.45, 7) is 0. The number of halogens is 1. The summed E-state index contributed by atoms with van der Waals surface area (Å²) in [5.41, 5.74) is 7.40. The zero-order chi connectivity index (χ0) is 10.3. The molecule has 1 atom stereocenters. The fraction of sp³-hybridized carbons (Fsp3) is 0.333. The molecular formula is C9H9ClN2O2. The normalized spacial score (nSPS) is 19.4. The van der Waals surface area contributed by atoms with Gasteiger partial charge in [0.25, 0.3) is 5.69 Å². The Bertz CT molecular complexity index is 406. The molecule has 0 radical (unpaired) electrons. The fourth-order valence-corrected chi connectivity index (χ4v) is 2.22. The van der Waals surface area contributed by atoms with Crippen molar-refractivity contribution in [3.05, 3.63) is 38.4 Å². The average Bonchev–Trinajstić information content (AvgIpc) is 2.49. The first kappa shape index (κ1) is 9.43. The van der Waals surface area contributed by atoms with Crippen LogP contribution in [0.4, 0.5) is 5.69 Å². The van der Waals surface area contributed by atoms with Gasteiger partial charge in [-0.3, -0.25) is 10.1 Å². The Morgan fingerprint density at radius 1 is 1.57 bits per heavy atom. The highest BCUT2D eigenvalue weighted by molar-refractivity contribution is 6.31. The Morgan fingerprint density at radius 3 is 2.93 bits per heavy atom. The summed E-state index contributed by atoms with van der Waals surface area (Å²) in [4.78, 5) is 10.3. The summed E-state index contributed by atoms with van der Waals surface area (Å²) in [5, 5.41) is 11.2. The second-order valence-electron chi connectivity index (χ2n) is 3.36. The molecular weight excluding hydrogens is 204 g/mol. The molecule has 0 saturated carbocycles. The van der Waals surface area contributed by atoms with Crippen LogP contribution in [0.25, 0.3) is 0 Å². The van der Waals surface area contributed by atoms with Gasteiger partial charge in [0.05, 0.1) is 4.92 Å². The third kappa shape index (κ3) is 1.27. The summed E-state index contributed by atoms with van der Waals surface area (Å²) in [6.07, 6.45) is 1.38. The van der Waals surface area contributed by atoms with Crippen LogP contribution >= 0.6 is 11.6 Å². The summed E-state index contributed by atoms with van der Waals surface area (Å²) in [7, 11) is 0. The van der Waals surface area contributed by atoms with Crippen molar-refractivity contribution in [2.75, 3.05) is 0 Å². The van der Waals surface area contributed by atoms with Gasteiger partial charge in [0.1, 0.15) is 0 Å². The van der Waals surface area contributed by atoms with Crippen molar-refractivity contribution in [2.24, 2.45) is 5.73 Å². The van der Waals surface area contributed by atoms with E-state index in [1.807, 2.05) is 0 Å². The number of nitrogens with two attached hydrogens (primary N) is 1. The quantitative estimate of drug-likeness (QED) is 0.573. The topological polar surface area (TPSA) is 69.2 Å². The van der Waals surface area contributed by atoms with Crippen molar-refractivity contribution in [1.82, 2.24) is 0 Å². The lowest BCUT2D eigenvalue weighted by Crippen LogP contribution is -2.06. The van der Waals surface area contributed by atoms with Gasteiger partial charge >= 0.3 is 0 Å². The Morgan fingerprint density at radius 2 is 2.29 bits per heavy atom. The molecule has 74 valence electrons. The number of rotatable bonds is 1. The molecule has 0 spiro atoms. The molecule has 0 fully saturated rings. The zero-order valence-corrected chi connectivity index (χ0v) is 8.12. The van der Waals surface area contributed by atoms with E-state index in [0.29, 0.717) is 17.0 Å². The first-order chi connectivity index (χ1) is 6.61. The SMILES string of the molecule is NC1CCc2c([N+](=O)[O-])ccc(Cl)c21. The van der Waals surface area contributed by atoms with E-state index in [1.165, 1.54) is 6.07 Å². The smallest absolute Gasteiger partial charge is 0.273 e. The molecule has 1 aliphatic carbocycles. The van der Waals surface area contributed by atoms with Crippen molar-refractivity contribution in [2.45, 2.75) is 18.9 Å². The molecule has 14 heavy (non-hydrogen) atoms. The van der Waals surface area contributed by atoms with Gasteiger partial charge in [-0.25, -0.2) is 0 Å². The molecule has 0 saturated heterocycles. The van der Waals surface area contributed by atoms with Crippen LogP contribution in [0.2, 0.25) is 5.02 Å². The van der Waals surface area contributed by atoms with Gasteiger partial charge in [0.2, 0.25) is 0 Å². The number of fused-ring (bicyclic) bond motifs is 1. The highest BCUT2D eigenvalue weighted by atomic mass is 35.5. The monoisotopic (exact) mass is 212 g/mol. The van der Waals surface area contributed by atoms with Crippen LogP contribution in [0.15, 0.2) is 12.1 Å². The molecule has 1 aromatic carbocycles. The molecule has 2 rings (SSSR count). The maximum absolute atomic E-state index is 10.7.